The Bertz CT molecular complexity index is 284. The summed E-state index contributed by atoms with van der Waals surface area (Å²) in [6.07, 6.45) is 2.44. The van der Waals surface area contributed by atoms with Gasteiger partial charge in [0.2, 0.25) is 5.91 Å². The van der Waals surface area contributed by atoms with E-state index in [4.69, 9.17) is 15.5 Å². The zero-order valence-electron chi connectivity index (χ0n) is 8.59. The Labute approximate surface area is 88.4 Å². The molecule has 7 heteroatoms. The highest BCUT2D eigenvalue weighted by Crippen LogP contribution is 2.48. The fourth-order valence-electron chi connectivity index (χ4n) is 1.51. The Morgan fingerprint density at radius 1 is 1.53 bits per heavy atom. The van der Waals surface area contributed by atoms with Crippen molar-refractivity contribution in [3.05, 3.63) is 0 Å². The molecule has 0 aliphatic heterocycles. The molecule has 0 radical (unpaired) electrons. The molecular formula is C8H17N2O4P. The number of hydrogen-bond acceptors (Lipinski definition) is 3. The number of amides is 1. The van der Waals surface area contributed by atoms with Crippen molar-refractivity contribution in [3.8, 4) is 0 Å². The van der Waals surface area contributed by atoms with Gasteiger partial charge in [0.05, 0.1) is 6.04 Å². The third-order valence-corrected chi connectivity index (χ3v) is 3.94. The maximum absolute atomic E-state index is 11.3. The van der Waals surface area contributed by atoms with Crippen LogP contribution < -0.4 is 11.1 Å². The summed E-state index contributed by atoms with van der Waals surface area (Å²) in [7, 11) is -4.28. The van der Waals surface area contributed by atoms with Crippen molar-refractivity contribution in [2.45, 2.75) is 38.0 Å². The summed E-state index contributed by atoms with van der Waals surface area (Å²) in [5, 5.41) is 2.33. The Balaban J connectivity index is 2.65. The topological polar surface area (TPSA) is 113 Å². The predicted octanol–water partition coefficient (Wildman–Crippen LogP) is -0.246. The van der Waals surface area contributed by atoms with Gasteiger partial charge in [-0.25, -0.2) is 0 Å². The number of nitrogens with two attached hydrogens (primary N) is 1. The first-order valence-electron chi connectivity index (χ1n) is 4.93. The molecule has 88 valence electrons. The predicted molar refractivity (Wildman–Crippen MR) is 55.0 cm³/mol. The summed E-state index contributed by atoms with van der Waals surface area (Å²) in [5.74, 6) is -1.70. The average molecular weight is 236 g/mol. The van der Waals surface area contributed by atoms with Gasteiger partial charge in [0, 0.05) is 0 Å². The van der Waals surface area contributed by atoms with Crippen molar-refractivity contribution < 1.29 is 19.1 Å². The maximum Gasteiger partial charge on any atom is 0.347 e. The van der Waals surface area contributed by atoms with Crippen molar-refractivity contribution in [3.63, 3.8) is 0 Å². The monoisotopic (exact) mass is 236 g/mol. The van der Waals surface area contributed by atoms with Gasteiger partial charge in [-0.15, -0.1) is 0 Å². The van der Waals surface area contributed by atoms with Gasteiger partial charge in [-0.05, 0) is 25.7 Å². The molecule has 0 spiro atoms. The van der Waals surface area contributed by atoms with Crippen molar-refractivity contribution in [1.82, 2.24) is 5.32 Å². The summed E-state index contributed by atoms with van der Waals surface area (Å²) in [4.78, 5) is 29.5. The van der Waals surface area contributed by atoms with Gasteiger partial charge in [-0.2, -0.15) is 0 Å². The zero-order valence-corrected chi connectivity index (χ0v) is 9.48. The minimum absolute atomic E-state index is 0.117. The Morgan fingerprint density at radius 3 is 2.33 bits per heavy atom. The van der Waals surface area contributed by atoms with E-state index >= 15 is 0 Å². The normalized spacial score (nSPS) is 21.6. The molecule has 0 heterocycles. The van der Waals surface area contributed by atoms with Crippen LogP contribution in [0.4, 0.5) is 0 Å². The molecule has 1 amide bonds. The minimum atomic E-state index is -4.28. The first-order chi connectivity index (χ1) is 6.82. The van der Waals surface area contributed by atoms with Gasteiger partial charge in [-0.3, -0.25) is 9.36 Å². The van der Waals surface area contributed by atoms with Crippen LogP contribution in [0.2, 0.25) is 0 Å². The lowest BCUT2D eigenvalue weighted by molar-refractivity contribution is -0.122. The van der Waals surface area contributed by atoms with Gasteiger partial charge in [0.1, 0.15) is 5.78 Å². The average Bonchev–Trinajstić information content (AvgIpc) is 1.97. The summed E-state index contributed by atoms with van der Waals surface area (Å²) < 4.78 is 11.2. The molecule has 5 N–H and O–H groups in total. The zero-order chi connectivity index (χ0) is 11.6. The van der Waals surface area contributed by atoms with Crippen LogP contribution in [0.3, 0.4) is 0 Å². The molecule has 0 aromatic carbocycles. The lowest BCUT2D eigenvalue weighted by Crippen LogP contribution is -2.48. The molecule has 2 atom stereocenters. The van der Waals surface area contributed by atoms with Crippen LogP contribution in [-0.4, -0.2) is 27.5 Å². The lowest BCUT2D eigenvalue weighted by atomic mass is 9.85. The fourth-order valence-corrected chi connectivity index (χ4v) is 2.65. The van der Waals surface area contributed by atoms with Crippen molar-refractivity contribution in [1.29, 1.82) is 0 Å². The molecule has 1 aliphatic carbocycles. The highest BCUT2D eigenvalue weighted by Gasteiger charge is 2.40. The molecule has 0 saturated heterocycles. The van der Waals surface area contributed by atoms with E-state index in [-0.39, 0.29) is 5.92 Å². The first-order valence-corrected chi connectivity index (χ1v) is 6.61. The number of nitrogens with one attached hydrogen (secondary N) is 1. The second-order valence-electron chi connectivity index (χ2n) is 4.02. The van der Waals surface area contributed by atoms with Crippen LogP contribution in [0.25, 0.3) is 0 Å². The highest BCUT2D eigenvalue weighted by molar-refractivity contribution is 7.52. The number of carbonyl (C=O) groups excluding carboxylic acids is 1. The van der Waals surface area contributed by atoms with Gasteiger partial charge in [0.15, 0.2) is 0 Å². The van der Waals surface area contributed by atoms with E-state index in [1.807, 2.05) is 0 Å². The Hall–Kier alpha value is -0.420. The third kappa shape index (κ3) is 3.28. The second-order valence-corrected chi connectivity index (χ2v) is 5.76. The number of rotatable bonds is 4. The lowest BCUT2D eigenvalue weighted by Gasteiger charge is -2.34. The van der Waals surface area contributed by atoms with Crippen LogP contribution in [0, 0.1) is 5.92 Å². The smallest absolute Gasteiger partial charge is 0.340 e. The van der Waals surface area contributed by atoms with Crippen LogP contribution in [-0.2, 0) is 9.36 Å². The molecule has 6 nitrogen and oxygen atoms in total. The van der Waals surface area contributed by atoms with Crippen LogP contribution in [0.1, 0.15) is 26.2 Å². The van der Waals surface area contributed by atoms with Crippen molar-refractivity contribution in [2.24, 2.45) is 11.7 Å². The summed E-state index contributed by atoms with van der Waals surface area (Å²) >= 11 is 0. The Morgan fingerprint density at radius 2 is 2.07 bits per heavy atom. The first kappa shape index (κ1) is 12.6. The molecule has 15 heavy (non-hydrogen) atoms. The highest BCUT2D eigenvalue weighted by atomic mass is 31.2. The third-order valence-electron chi connectivity index (χ3n) is 2.66. The van der Waals surface area contributed by atoms with Crippen molar-refractivity contribution in [2.75, 3.05) is 0 Å². The van der Waals surface area contributed by atoms with Gasteiger partial charge in [-0.1, -0.05) is 6.42 Å². The molecule has 0 bridgehead atoms. The van der Waals surface area contributed by atoms with Gasteiger partial charge < -0.3 is 20.8 Å². The molecule has 0 aromatic heterocycles. The molecule has 1 rings (SSSR count). The molecule has 1 aliphatic rings. The SMILES string of the molecule is C[C@H](N)C(=O)NC(C1CCC1)P(=O)(O)O. The second kappa shape index (κ2) is 4.61. The summed E-state index contributed by atoms with van der Waals surface area (Å²) in [5.41, 5.74) is 5.32. The van der Waals surface area contributed by atoms with E-state index in [1.165, 1.54) is 6.92 Å². The summed E-state index contributed by atoms with van der Waals surface area (Å²) in [6, 6.07) is -0.751. The molecule has 1 unspecified atom stereocenters. The van der Waals surface area contributed by atoms with Crippen LogP contribution in [0.15, 0.2) is 0 Å². The van der Waals surface area contributed by atoms with E-state index in [0.29, 0.717) is 0 Å². The number of carbonyl (C=O) groups is 1. The van der Waals surface area contributed by atoms with E-state index in [9.17, 15) is 9.36 Å². The van der Waals surface area contributed by atoms with E-state index < -0.39 is 25.3 Å². The molecule has 1 saturated carbocycles. The quantitative estimate of drug-likeness (QED) is 0.503. The molecule has 1 fully saturated rings. The fraction of sp³-hybridized carbons (Fsp3) is 0.875. The van der Waals surface area contributed by atoms with Gasteiger partial charge in [0.25, 0.3) is 0 Å². The number of hydrogen-bond donors (Lipinski definition) is 4. The van der Waals surface area contributed by atoms with E-state index in [0.717, 1.165) is 19.3 Å². The largest absolute Gasteiger partial charge is 0.347 e. The molecular weight excluding hydrogens is 219 g/mol. The Kier molecular flexibility index (Phi) is 3.89. The minimum Gasteiger partial charge on any atom is -0.340 e. The van der Waals surface area contributed by atoms with E-state index in [2.05, 4.69) is 5.32 Å². The van der Waals surface area contributed by atoms with E-state index in [1.54, 1.807) is 0 Å². The van der Waals surface area contributed by atoms with Crippen LogP contribution >= 0.6 is 7.60 Å². The van der Waals surface area contributed by atoms with Crippen LogP contribution in [0.5, 0.6) is 0 Å². The van der Waals surface area contributed by atoms with Gasteiger partial charge >= 0.3 is 7.60 Å². The molecule has 0 aromatic rings. The maximum atomic E-state index is 11.3. The van der Waals surface area contributed by atoms with Crippen molar-refractivity contribution >= 4 is 13.5 Å². The summed E-state index contributed by atoms with van der Waals surface area (Å²) in [6.45, 7) is 1.48. The standard InChI is InChI=1S/C8H17N2O4P/c1-5(9)7(11)10-8(15(12,13)14)6-3-2-4-6/h5-6,8H,2-4,9H2,1H3,(H,10,11)(H2,12,13,14)/t5-,8?/m0/s1.